The zero-order chi connectivity index (χ0) is 21.8. The molecule has 1 N–H and O–H groups in total. The molecule has 1 aliphatic rings. The minimum atomic E-state index is -0.374. The Balaban J connectivity index is 1.39. The molecule has 0 bridgehead atoms. The van der Waals surface area contributed by atoms with Crippen molar-refractivity contribution in [2.24, 2.45) is 5.92 Å². The summed E-state index contributed by atoms with van der Waals surface area (Å²) in [5.41, 5.74) is 3.83. The van der Waals surface area contributed by atoms with E-state index in [1.807, 2.05) is 79.7 Å². The second kappa shape index (κ2) is 9.04. The predicted octanol–water partition coefficient (Wildman–Crippen LogP) is 5.34. The Morgan fingerprint density at radius 3 is 2.55 bits per heavy atom. The van der Waals surface area contributed by atoms with E-state index in [1.54, 1.807) is 4.90 Å². The molecule has 1 heterocycles. The maximum absolute atomic E-state index is 12.8. The summed E-state index contributed by atoms with van der Waals surface area (Å²) in [6, 6.07) is 23.0. The molecular formula is C26H26N2O3. The molecule has 2 amide bonds. The van der Waals surface area contributed by atoms with Crippen LogP contribution in [0.1, 0.15) is 24.5 Å². The Hall–Kier alpha value is -3.60. The number of nitrogens with one attached hydrogen (secondary N) is 1. The molecule has 158 valence electrons. The average molecular weight is 415 g/mol. The highest BCUT2D eigenvalue weighted by Crippen LogP contribution is 2.29. The van der Waals surface area contributed by atoms with E-state index in [2.05, 4.69) is 12.2 Å². The lowest BCUT2D eigenvalue weighted by Gasteiger charge is -2.20. The number of ether oxygens (including phenoxy) is 1. The number of carbonyl (C=O) groups excluding carboxylic acids is 2. The molecule has 4 rings (SSSR count). The van der Waals surface area contributed by atoms with Crippen LogP contribution >= 0.6 is 0 Å². The van der Waals surface area contributed by atoms with Gasteiger partial charge in [0.1, 0.15) is 11.5 Å². The van der Waals surface area contributed by atoms with Gasteiger partial charge in [-0.2, -0.15) is 0 Å². The highest BCUT2D eigenvalue weighted by atomic mass is 16.5. The smallest absolute Gasteiger partial charge is 0.229 e. The summed E-state index contributed by atoms with van der Waals surface area (Å²) in [7, 11) is 0. The van der Waals surface area contributed by atoms with E-state index in [0.29, 0.717) is 18.0 Å². The fraction of sp³-hybridized carbons (Fsp3) is 0.231. The maximum atomic E-state index is 12.8. The van der Waals surface area contributed by atoms with Crippen molar-refractivity contribution in [2.45, 2.75) is 26.7 Å². The number of nitrogens with zero attached hydrogens (tertiary/aromatic N) is 1. The van der Waals surface area contributed by atoms with E-state index in [-0.39, 0.29) is 24.2 Å². The third-order valence-corrected chi connectivity index (χ3v) is 5.51. The maximum Gasteiger partial charge on any atom is 0.229 e. The van der Waals surface area contributed by atoms with Gasteiger partial charge in [-0.05, 0) is 66.9 Å². The van der Waals surface area contributed by atoms with Gasteiger partial charge in [-0.1, -0.05) is 37.3 Å². The van der Waals surface area contributed by atoms with Crippen LogP contribution in [0.2, 0.25) is 0 Å². The van der Waals surface area contributed by atoms with Gasteiger partial charge in [0, 0.05) is 24.3 Å². The first-order valence-corrected chi connectivity index (χ1v) is 10.6. The molecule has 1 aliphatic heterocycles. The van der Waals surface area contributed by atoms with Crippen molar-refractivity contribution in [3.05, 3.63) is 83.9 Å². The van der Waals surface area contributed by atoms with Crippen molar-refractivity contribution in [3.8, 4) is 11.5 Å². The molecule has 1 fully saturated rings. The number of aryl methyl sites for hydroxylation is 2. The van der Waals surface area contributed by atoms with Crippen LogP contribution in [-0.2, 0) is 16.0 Å². The first-order valence-electron chi connectivity index (χ1n) is 10.6. The van der Waals surface area contributed by atoms with Crippen molar-refractivity contribution in [2.75, 3.05) is 16.8 Å². The monoisotopic (exact) mass is 414 g/mol. The van der Waals surface area contributed by atoms with Crippen LogP contribution in [0.5, 0.6) is 11.5 Å². The van der Waals surface area contributed by atoms with Crippen LogP contribution in [0.25, 0.3) is 0 Å². The van der Waals surface area contributed by atoms with E-state index < -0.39 is 0 Å². The Bertz CT molecular complexity index is 1090. The van der Waals surface area contributed by atoms with Gasteiger partial charge in [0.2, 0.25) is 11.8 Å². The molecule has 31 heavy (non-hydrogen) atoms. The zero-order valence-electron chi connectivity index (χ0n) is 17.8. The van der Waals surface area contributed by atoms with Crippen LogP contribution in [0, 0.1) is 12.8 Å². The van der Waals surface area contributed by atoms with E-state index in [4.69, 9.17) is 4.74 Å². The van der Waals surface area contributed by atoms with Crippen molar-refractivity contribution in [1.82, 2.24) is 0 Å². The lowest BCUT2D eigenvalue weighted by Crippen LogP contribution is -2.28. The number of para-hydroxylation sites is 1. The Morgan fingerprint density at radius 1 is 1.03 bits per heavy atom. The molecular weight excluding hydrogens is 388 g/mol. The normalized spacial score (nSPS) is 15.7. The van der Waals surface area contributed by atoms with Gasteiger partial charge >= 0.3 is 0 Å². The van der Waals surface area contributed by atoms with E-state index in [9.17, 15) is 9.59 Å². The lowest BCUT2D eigenvalue weighted by atomic mass is 10.1. The fourth-order valence-electron chi connectivity index (χ4n) is 3.85. The molecule has 0 radical (unpaired) electrons. The minimum absolute atomic E-state index is 0.0112. The van der Waals surface area contributed by atoms with Crippen molar-refractivity contribution in [3.63, 3.8) is 0 Å². The summed E-state index contributed by atoms with van der Waals surface area (Å²) in [6.07, 6.45) is 1.06. The number of hydrogen-bond acceptors (Lipinski definition) is 3. The fourth-order valence-corrected chi connectivity index (χ4v) is 3.85. The minimum Gasteiger partial charge on any atom is -0.457 e. The Morgan fingerprint density at radius 2 is 1.81 bits per heavy atom. The second-order valence-electron chi connectivity index (χ2n) is 7.82. The van der Waals surface area contributed by atoms with E-state index >= 15 is 0 Å². The molecule has 3 aromatic carbocycles. The molecule has 0 aromatic heterocycles. The van der Waals surface area contributed by atoms with Gasteiger partial charge < -0.3 is 15.0 Å². The molecule has 0 saturated carbocycles. The number of hydrogen-bond donors (Lipinski definition) is 1. The lowest BCUT2D eigenvalue weighted by molar-refractivity contribution is -0.122. The first kappa shape index (κ1) is 20.7. The SMILES string of the molecule is CCc1ccccc1N1C[C@@H](C(=O)Nc2ccc(Oc3cccc(C)c3)cc2)CC1=O. The van der Waals surface area contributed by atoms with Gasteiger partial charge in [-0.25, -0.2) is 0 Å². The molecule has 0 aliphatic carbocycles. The highest BCUT2D eigenvalue weighted by Gasteiger charge is 2.35. The van der Waals surface area contributed by atoms with Gasteiger partial charge in [0.15, 0.2) is 0 Å². The van der Waals surface area contributed by atoms with Crippen LogP contribution in [0.4, 0.5) is 11.4 Å². The van der Waals surface area contributed by atoms with Crippen LogP contribution in [0.3, 0.4) is 0 Å². The summed E-state index contributed by atoms with van der Waals surface area (Å²) in [5, 5.41) is 2.93. The standard InChI is InChI=1S/C26H26N2O3/c1-3-19-8-4-5-10-24(19)28-17-20(16-25(28)29)26(30)27-21-11-13-22(14-12-21)31-23-9-6-7-18(2)15-23/h4-15,20H,3,16-17H2,1-2H3,(H,27,30)/t20-/m0/s1. The molecule has 0 unspecified atom stereocenters. The van der Waals surface area contributed by atoms with Crippen molar-refractivity contribution in [1.29, 1.82) is 0 Å². The summed E-state index contributed by atoms with van der Waals surface area (Å²) in [6.45, 7) is 4.48. The van der Waals surface area contributed by atoms with E-state index in [1.165, 1.54) is 0 Å². The number of rotatable bonds is 6. The molecule has 3 aromatic rings. The van der Waals surface area contributed by atoms with Crippen molar-refractivity contribution >= 4 is 23.2 Å². The van der Waals surface area contributed by atoms with E-state index in [0.717, 1.165) is 29.0 Å². The molecule has 5 heteroatoms. The topological polar surface area (TPSA) is 58.6 Å². The summed E-state index contributed by atoms with van der Waals surface area (Å²) < 4.78 is 5.85. The molecule has 0 spiro atoms. The summed E-state index contributed by atoms with van der Waals surface area (Å²) in [4.78, 5) is 27.1. The van der Waals surface area contributed by atoms with Crippen LogP contribution in [0.15, 0.2) is 72.8 Å². The van der Waals surface area contributed by atoms with Gasteiger partial charge in [-0.3, -0.25) is 9.59 Å². The molecule has 5 nitrogen and oxygen atoms in total. The van der Waals surface area contributed by atoms with Gasteiger partial charge in [0.05, 0.1) is 5.92 Å². The zero-order valence-corrected chi connectivity index (χ0v) is 17.8. The van der Waals surface area contributed by atoms with Crippen LogP contribution in [-0.4, -0.2) is 18.4 Å². The van der Waals surface area contributed by atoms with Crippen LogP contribution < -0.4 is 15.0 Å². The summed E-state index contributed by atoms with van der Waals surface area (Å²) in [5.74, 6) is 0.941. The molecule has 1 saturated heterocycles. The van der Waals surface area contributed by atoms with Gasteiger partial charge in [-0.15, -0.1) is 0 Å². The highest BCUT2D eigenvalue weighted by molar-refractivity contribution is 6.03. The third-order valence-electron chi connectivity index (χ3n) is 5.51. The number of anilines is 2. The number of amides is 2. The largest absolute Gasteiger partial charge is 0.457 e. The van der Waals surface area contributed by atoms with Crippen molar-refractivity contribution < 1.29 is 14.3 Å². The first-order chi connectivity index (χ1) is 15.0. The quantitative estimate of drug-likeness (QED) is 0.592. The average Bonchev–Trinajstić information content (AvgIpc) is 3.17. The second-order valence-corrected chi connectivity index (χ2v) is 7.82. The van der Waals surface area contributed by atoms with Gasteiger partial charge in [0.25, 0.3) is 0 Å². The number of carbonyl (C=O) groups is 2. The third kappa shape index (κ3) is 4.77. The Kier molecular flexibility index (Phi) is 6.03. The summed E-state index contributed by atoms with van der Waals surface area (Å²) >= 11 is 0. The number of benzene rings is 3. The Labute approximate surface area is 182 Å². The molecule has 1 atom stereocenters. The predicted molar refractivity (Wildman–Crippen MR) is 123 cm³/mol.